The van der Waals surface area contributed by atoms with E-state index >= 15 is 0 Å². The van der Waals surface area contributed by atoms with Crippen LogP contribution in [-0.4, -0.2) is 32.1 Å². The van der Waals surface area contributed by atoms with Crippen molar-refractivity contribution in [3.8, 4) is 12.3 Å². The molecule has 0 N–H and O–H groups in total. The third-order valence-corrected chi connectivity index (χ3v) is 0.940. The van der Waals surface area contributed by atoms with Crippen molar-refractivity contribution in [2.75, 3.05) is 21.3 Å². The molecule has 0 fully saturated rings. The Morgan fingerprint density at radius 1 is 0.769 bits per heavy atom. The molecule has 0 aliphatic carbocycles. The van der Waals surface area contributed by atoms with Gasteiger partial charge in [-0.3, -0.25) is 10.1 Å². The van der Waals surface area contributed by atoms with Crippen LogP contribution >= 0.6 is 0 Å². The van der Waals surface area contributed by atoms with Crippen LogP contribution in [0.1, 0.15) is 138 Å². The number of terminal acetylenes is 1. The van der Waals surface area contributed by atoms with Crippen molar-refractivity contribution in [1.82, 2.24) is 0 Å². The van der Waals surface area contributed by atoms with Crippen LogP contribution in [-0.2, 0) is 4.74 Å². The second-order valence-electron chi connectivity index (χ2n) is 7.12. The number of hydrogen-bond donors (Lipinski definition) is 0. The fourth-order valence-corrected chi connectivity index (χ4v) is 0.534. The third-order valence-electron chi connectivity index (χ3n) is 0.940. The van der Waals surface area contributed by atoms with Gasteiger partial charge in [0, 0.05) is 19.1 Å². The second-order valence-corrected chi connectivity index (χ2v) is 7.12. The Bertz CT molecular complexity index is 421. The first-order valence-corrected chi connectivity index (χ1v) is 13.2. The maximum atomic E-state index is 11.0. The summed E-state index contributed by atoms with van der Waals surface area (Å²) in [6.45, 7) is 34.2. The summed E-state index contributed by atoms with van der Waals surface area (Å²) in [6.07, 6.45) is 4.60. The Hall–Kier alpha value is -2.00. The highest BCUT2D eigenvalue weighted by Gasteiger charge is 2.08. The molecule has 0 spiro atoms. The zero-order valence-corrected chi connectivity index (χ0v) is 28.9. The molecule has 0 aliphatic rings. The van der Waals surface area contributed by atoms with Gasteiger partial charge in [-0.25, -0.2) is 8.78 Å². The molecule has 0 aliphatic heterocycles. The lowest BCUT2D eigenvalue weighted by Crippen LogP contribution is -1.98. The van der Waals surface area contributed by atoms with Gasteiger partial charge >= 0.3 is 0 Å². The van der Waals surface area contributed by atoms with Crippen molar-refractivity contribution in [1.29, 1.82) is 0 Å². The van der Waals surface area contributed by atoms with Gasteiger partial charge in [0.2, 0.25) is 5.92 Å². The predicted octanol–water partition coefficient (Wildman–Crippen LogP) is 12.9. The average molecular weight is 574 g/mol. The lowest BCUT2D eigenvalue weighted by atomic mass is 10.0. The van der Waals surface area contributed by atoms with Crippen LogP contribution in [0.5, 0.6) is 0 Å². The van der Waals surface area contributed by atoms with Crippen LogP contribution in [0.2, 0.25) is 0 Å². The standard InChI is InChI=1S/C7H8.C5H12.C3H6F2.C3H4.C2H6O.5C2H6.CH3NO2.2CH4/c1-7-5-3-2-4-6-7;1-5(2,3)4;1-3(2,4)5;2*1-3-2;5*1-2;1-2(3)4;;/h2-6H,1H3;1-4H3;1-2H3;1H,2H3;1-2H3;5*1-2H3;1H3;2*1H4. The fraction of sp³-hybridized carbons (Fsp3) is 0.758. The molecule has 0 atom stereocenters. The molecule has 0 radical (unpaired) electrons. The Morgan fingerprint density at radius 2 is 0.872 bits per heavy atom. The van der Waals surface area contributed by atoms with E-state index in [-0.39, 0.29) is 14.9 Å². The van der Waals surface area contributed by atoms with Gasteiger partial charge < -0.3 is 4.74 Å². The average Bonchev–Trinajstić information content (AvgIpc) is 2.80. The normalized spacial score (nSPS) is 6.72. The van der Waals surface area contributed by atoms with E-state index in [9.17, 15) is 8.78 Å². The van der Waals surface area contributed by atoms with E-state index in [2.05, 4.69) is 63.8 Å². The molecule has 0 bridgehead atoms. The maximum Gasteiger partial charge on any atom is 0.242 e. The number of methoxy groups -OCH3 is 1. The third kappa shape index (κ3) is 1160. The zero-order chi connectivity index (χ0) is 33.1. The van der Waals surface area contributed by atoms with Crippen molar-refractivity contribution in [3.05, 3.63) is 46.0 Å². The topological polar surface area (TPSA) is 52.4 Å². The van der Waals surface area contributed by atoms with Crippen molar-refractivity contribution in [2.45, 2.75) is 145 Å². The van der Waals surface area contributed by atoms with Crippen LogP contribution in [0.4, 0.5) is 8.78 Å². The van der Waals surface area contributed by atoms with Crippen molar-refractivity contribution < 1.29 is 18.4 Å². The Kier molecular flexibility index (Phi) is 164. The van der Waals surface area contributed by atoms with Crippen LogP contribution in [0, 0.1) is 34.8 Å². The molecular formula is C33H77F2NO3. The molecule has 39 heavy (non-hydrogen) atoms. The molecule has 0 saturated carbocycles. The maximum absolute atomic E-state index is 11.0. The zero-order valence-electron chi connectivity index (χ0n) is 28.9. The minimum atomic E-state index is -2.50. The van der Waals surface area contributed by atoms with Gasteiger partial charge in [0.1, 0.15) is 0 Å². The SMILES string of the molecule is C.C.C#CC.CC.CC.CC.CC.CC.CC(C)(C)C.CC(C)(F)F.COC.C[N+](=O)[O-].Cc1ccccc1. The molecule has 0 amide bonds. The molecule has 246 valence electrons. The van der Waals surface area contributed by atoms with Crippen molar-refractivity contribution in [2.24, 2.45) is 5.41 Å². The first kappa shape index (κ1) is 76.7. The lowest BCUT2D eigenvalue weighted by Gasteiger charge is -2.05. The highest BCUT2D eigenvalue weighted by Crippen LogP contribution is 2.08. The number of hydrogen-bond acceptors (Lipinski definition) is 3. The van der Waals surface area contributed by atoms with Crippen molar-refractivity contribution >= 4 is 0 Å². The van der Waals surface area contributed by atoms with Gasteiger partial charge in [0.15, 0.2) is 7.05 Å². The minimum Gasteiger partial charge on any atom is -0.388 e. The molecule has 0 unspecified atom stereocenters. The van der Waals surface area contributed by atoms with E-state index in [4.69, 9.17) is 10.1 Å². The highest BCUT2D eigenvalue weighted by molar-refractivity contribution is 5.11. The first-order chi connectivity index (χ1) is 17.0. The molecule has 1 rings (SSSR count). The molecule has 4 nitrogen and oxygen atoms in total. The van der Waals surface area contributed by atoms with Gasteiger partial charge in [-0.05, 0) is 33.1 Å². The smallest absolute Gasteiger partial charge is 0.242 e. The summed E-state index contributed by atoms with van der Waals surface area (Å²) in [5.41, 5.74) is 1.82. The van der Waals surface area contributed by atoms with Crippen LogP contribution in [0.25, 0.3) is 0 Å². The van der Waals surface area contributed by atoms with Crippen LogP contribution in [0.15, 0.2) is 30.3 Å². The largest absolute Gasteiger partial charge is 0.388 e. The molecule has 0 aromatic heterocycles. The number of nitrogens with zero attached hydrogens (tertiary/aromatic N) is 1. The number of rotatable bonds is 0. The Morgan fingerprint density at radius 3 is 0.923 bits per heavy atom. The Balaban J connectivity index is -0.0000000212. The summed E-state index contributed by atoms with van der Waals surface area (Å²) >= 11 is 0. The quantitative estimate of drug-likeness (QED) is 0.176. The van der Waals surface area contributed by atoms with E-state index in [1.54, 1.807) is 21.1 Å². The summed E-state index contributed by atoms with van der Waals surface area (Å²) in [4.78, 5) is 8.31. The summed E-state index contributed by atoms with van der Waals surface area (Å²) in [5, 5.41) is 8.81. The molecule has 0 heterocycles. The van der Waals surface area contributed by atoms with Gasteiger partial charge in [0.25, 0.3) is 0 Å². The molecular weight excluding hydrogens is 496 g/mol. The second kappa shape index (κ2) is 83.4. The number of halogens is 2. The molecule has 1 aromatic rings. The summed E-state index contributed by atoms with van der Waals surface area (Å²) in [5.74, 6) is -0.250. The predicted molar refractivity (Wildman–Crippen MR) is 183 cm³/mol. The summed E-state index contributed by atoms with van der Waals surface area (Å²) in [6, 6.07) is 10.3. The van der Waals surface area contributed by atoms with Crippen molar-refractivity contribution in [3.63, 3.8) is 0 Å². The number of ether oxygens (including phenoxy) is 1. The van der Waals surface area contributed by atoms with Gasteiger partial charge in [-0.15, -0.1) is 12.3 Å². The number of alkyl halides is 2. The summed E-state index contributed by atoms with van der Waals surface area (Å²) in [7, 11) is 4.14. The van der Waals surface area contributed by atoms with E-state index in [0.29, 0.717) is 5.41 Å². The monoisotopic (exact) mass is 574 g/mol. The minimum absolute atomic E-state index is 0. The number of benzene rings is 1. The molecule has 1 aromatic carbocycles. The number of nitro groups is 1. The van der Waals surface area contributed by atoms with E-state index in [0.717, 1.165) is 20.9 Å². The fourth-order valence-electron chi connectivity index (χ4n) is 0.534. The molecule has 0 saturated heterocycles. The lowest BCUT2D eigenvalue weighted by molar-refractivity contribution is -0.445. The van der Waals surface area contributed by atoms with Gasteiger partial charge in [-0.1, -0.05) is 148 Å². The molecule has 6 heteroatoms. The summed E-state index contributed by atoms with van der Waals surface area (Å²) < 4.78 is 26.3. The van der Waals surface area contributed by atoms with E-state index in [1.807, 2.05) is 87.4 Å². The number of aryl methyl sites for hydroxylation is 1. The first-order valence-electron chi connectivity index (χ1n) is 13.2. The van der Waals surface area contributed by atoms with Crippen LogP contribution < -0.4 is 0 Å². The van der Waals surface area contributed by atoms with Gasteiger partial charge in [0.05, 0.1) is 0 Å². The highest BCUT2D eigenvalue weighted by atomic mass is 19.3. The van der Waals surface area contributed by atoms with Gasteiger partial charge in [-0.2, -0.15) is 0 Å². The Labute approximate surface area is 248 Å². The van der Waals surface area contributed by atoms with E-state index < -0.39 is 10.8 Å². The van der Waals surface area contributed by atoms with E-state index in [1.165, 1.54) is 5.56 Å². The van der Waals surface area contributed by atoms with Crippen LogP contribution in [0.3, 0.4) is 0 Å².